The average Bonchev–Trinajstić information content (AvgIpc) is 2.77. The third-order valence-electron chi connectivity index (χ3n) is 4.68. The van der Waals surface area contributed by atoms with E-state index in [9.17, 15) is 14.4 Å². The highest BCUT2D eigenvalue weighted by Crippen LogP contribution is 2.22. The standard InChI is InChI=1S/C22H25N3O4/c26-20(25-14-15-29-19(16-25)17-8-3-1-4-9-17)12-7-13-23-21(27)22(28)24-18-10-5-2-6-11-18/h1-6,8-11,19H,7,12-16H2,(H,23,27)(H,24,28). The molecule has 1 unspecified atom stereocenters. The summed E-state index contributed by atoms with van der Waals surface area (Å²) in [7, 11) is 0. The van der Waals surface area contributed by atoms with Crippen LogP contribution in [0, 0.1) is 0 Å². The second kappa shape index (κ2) is 10.4. The van der Waals surface area contributed by atoms with Crippen molar-refractivity contribution in [1.29, 1.82) is 0 Å². The summed E-state index contributed by atoms with van der Waals surface area (Å²) in [5.41, 5.74) is 1.62. The monoisotopic (exact) mass is 395 g/mol. The van der Waals surface area contributed by atoms with Gasteiger partial charge in [-0.1, -0.05) is 48.5 Å². The summed E-state index contributed by atoms with van der Waals surface area (Å²) in [6.45, 7) is 1.85. The molecule has 1 aliphatic rings. The van der Waals surface area contributed by atoms with Crippen LogP contribution in [0.4, 0.5) is 5.69 Å². The Bertz CT molecular complexity index is 826. The van der Waals surface area contributed by atoms with Gasteiger partial charge in [-0.3, -0.25) is 14.4 Å². The summed E-state index contributed by atoms with van der Waals surface area (Å²) in [6, 6.07) is 18.6. The Labute approximate surface area is 170 Å². The Hall–Kier alpha value is -3.19. The van der Waals surface area contributed by atoms with Gasteiger partial charge < -0.3 is 20.3 Å². The third kappa shape index (κ3) is 6.15. The molecule has 0 radical (unpaired) electrons. The van der Waals surface area contributed by atoms with Crippen molar-refractivity contribution in [3.8, 4) is 0 Å². The first-order chi connectivity index (χ1) is 14.1. The number of morpholine rings is 1. The van der Waals surface area contributed by atoms with Gasteiger partial charge in [-0.25, -0.2) is 0 Å². The van der Waals surface area contributed by atoms with E-state index in [1.807, 2.05) is 36.4 Å². The number of ether oxygens (including phenoxy) is 1. The molecular formula is C22H25N3O4. The van der Waals surface area contributed by atoms with Gasteiger partial charge in [-0.2, -0.15) is 0 Å². The normalized spacial score (nSPS) is 16.1. The summed E-state index contributed by atoms with van der Waals surface area (Å²) >= 11 is 0. The fraction of sp³-hybridized carbons (Fsp3) is 0.318. The molecule has 0 spiro atoms. The molecule has 2 aromatic rings. The molecule has 1 aliphatic heterocycles. The van der Waals surface area contributed by atoms with Gasteiger partial charge >= 0.3 is 11.8 Å². The summed E-state index contributed by atoms with van der Waals surface area (Å²) in [5.74, 6) is -1.41. The Morgan fingerprint density at radius 2 is 1.66 bits per heavy atom. The van der Waals surface area contributed by atoms with Crippen molar-refractivity contribution in [2.75, 3.05) is 31.6 Å². The number of rotatable bonds is 6. The molecule has 3 amide bonds. The van der Waals surface area contributed by atoms with Crippen LogP contribution < -0.4 is 10.6 Å². The van der Waals surface area contributed by atoms with Gasteiger partial charge in [0.05, 0.1) is 13.2 Å². The van der Waals surface area contributed by atoms with Crippen LogP contribution in [0.2, 0.25) is 0 Å². The molecule has 2 N–H and O–H groups in total. The highest BCUT2D eigenvalue weighted by molar-refractivity contribution is 6.39. The first-order valence-corrected chi connectivity index (χ1v) is 9.72. The Kier molecular flexibility index (Phi) is 7.35. The van der Waals surface area contributed by atoms with Crippen molar-refractivity contribution >= 4 is 23.4 Å². The summed E-state index contributed by atoms with van der Waals surface area (Å²) in [4.78, 5) is 38.0. The van der Waals surface area contributed by atoms with Crippen molar-refractivity contribution in [3.05, 3.63) is 66.2 Å². The van der Waals surface area contributed by atoms with Gasteiger partial charge in [-0.05, 0) is 24.1 Å². The number of nitrogens with one attached hydrogen (secondary N) is 2. The number of hydrogen-bond donors (Lipinski definition) is 2. The zero-order chi connectivity index (χ0) is 20.5. The predicted molar refractivity (Wildman–Crippen MR) is 109 cm³/mol. The largest absolute Gasteiger partial charge is 0.370 e. The Morgan fingerprint density at radius 1 is 0.966 bits per heavy atom. The minimum Gasteiger partial charge on any atom is -0.370 e. The molecule has 7 heteroatoms. The molecule has 0 aromatic heterocycles. The van der Waals surface area contributed by atoms with E-state index in [-0.39, 0.29) is 18.6 Å². The maximum Gasteiger partial charge on any atom is 0.313 e. The van der Waals surface area contributed by atoms with Gasteiger partial charge in [-0.15, -0.1) is 0 Å². The molecule has 3 rings (SSSR count). The summed E-state index contributed by atoms with van der Waals surface area (Å²) in [6.07, 6.45) is 0.661. The average molecular weight is 395 g/mol. The minimum absolute atomic E-state index is 0.0252. The lowest BCUT2D eigenvalue weighted by molar-refractivity contribution is -0.139. The summed E-state index contributed by atoms with van der Waals surface area (Å²) < 4.78 is 5.78. The molecule has 0 bridgehead atoms. The molecule has 152 valence electrons. The lowest BCUT2D eigenvalue weighted by Crippen LogP contribution is -2.42. The minimum atomic E-state index is -0.721. The van der Waals surface area contributed by atoms with Crippen LogP contribution in [-0.2, 0) is 19.1 Å². The number of para-hydroxylation sites is 1. The number of hydrogen-bond acceptors (Lipinski definition) is 4. The Balaban J connectivity index is 1.37. The van der Waals surface area contributed by atoms with Gasteiger partial charge in [0.1, 0.15) is 6.10 Å². The zero-order valence-electron chi connectivity index (χ0n) is 16.2. The SMILES string of the molecule is O=C(NCCCC(=O)N1CCOC(c2ccccc2)C1)C(=O)Nc1ccccc1. The van der Waals surface area contributed by atoms with Crippen molar-refractivity contribution in [3.63, 3.8) is 0 Å². The van der Waals surface area contributed by atoms with E-state index in [1.165, 1.54) is 0 Å². The molecule has 1 heterocycles. The van der Waals surface area contributed by atoms with Gasteiger partial charge in [0.25, 0.3) is 0 Å². The number of nitrogens with zero attached hydrogens (tertiary/aromatic N) is 1. The maximum atomic E-state index is 12.5. The molecular weight excluding hydrogens is 370 g/mol. The maximum absolute atomic E-state index is 12.5. The fourth-order valence-electron chi connectivity index (χ4n) is 3.13. The molecule has 7 nitrogen and oxygen atoms in total. The van der Waals surface area contributed by atoms with Crippen LogP contribution >= 0.6 is 0 Å². The quantitative estimate of drug-likeness (QED) is 0.579. The van der Waals surface area contributed by atoms with Crippen molar-refractivity contribution < 1.29 is 19.1 Å². The molecule has 29 heavy (non-hydrogen) atoms. The topological polar surface area (TPSA) is 87.7 Å². The van der Waals surface area contributed by atoms with Crippen LogP contribution in [0.1, 0.15) is 24.5 Å². The highest BCUT2D eigenvalue weighted by atomic mass is 16.5. The lowest BCUT2D eigenvalue weighted by Gasteiger charge is -2.33. The number of anilines is 1. The lowest BCUT2D eigenvalue weighted by atomic mass is 10.1. The number of amides is 3. The first kappa shape index (κ1) is 20.5. The fourth-order valence-corrected chi connectivity index (χ4v) is 3.13. The first-order valence-electron chi connectivity index (χ1n) is 9.72. The highest BCUT2D eigenvalue weighted by Gasteiger charge is 2.25. The molecule has 0 aliphatic carbocycles. The number of carbonyl (C=O) groups excluding carboxylic acids is 3. The number of carbonyl (C=O) groups is 3. The van der Waals surface area contributed by atoms with Gasteiger partial charge in [0, 0.05) is 25.2 Å². The predicted octanol–water partition coefficient (Wildman–Crippen LogP) is 2.12. The van der Waals surface area contributed by atoms with Gasteiger partial charge in [0.15, 0.2) is 0 Å². The van der Waals surface area contributed by atoms with Crippen molar-refractivity contribution in [1.82, 2.24) is 10.2 Å². The van der Waals surface area contributed by atoms with Crippen LogP contribution in [0.3, 0.4) is 0 Å². The van der Waals surface area contributed by atoms with E-state index in [0.29, 0.717) is 38.2 Å². The van der Waals surface area contributed by atoms with Crippen LogP contribution in [-0.4, -0.2) is 48.9 Å². The molecule has 0 saturated carbocycles. The van der Waals surface area contributed by atoms with E-state index in [2.05, 4.69) is 10.6 Å². The smallest absolute Gasteiger partial charge is 0.313 e. The molecule has 1 saturated heterocycles. The second-order valence-corrected chi connectivity index (χ2v) is 6.79. The van der Waals surface area contributed by atoms with Gasteiger partial charge in [0.2, 0.25) is 5.91 Å². The molecule has 1 fully saturated rings. The second-order valence-electron chi connectivity index (χ2n) is 6.79. The third-order valence-corrected chi connectivity index (χ3v) is 4.68. The van der Waals surface area contributed by atoms with Crippen molar-refractivity contribution in [2.45, 2.75) is 18.9 Å². The van der Waals surface area contributed by atoms with E-state index in [0.717, 1.165) is 5.56 Å². The van der Waals surface area contributed by atoms with Crippen LogP contribution in [0.5, 0.6) is 0 Å². The van der Waals surface area contributed by atoms with E-state index in [4.69, 9.17) is 4.74 Å². The summed E-state index contributed by atoms with van der Waals surface area (Å²) in [5, 5.41) is 5.07. The van der Waals surface area contributed by atoms with Crippen molar-refractivity contribution in [2.24, 2.45) is 0 Å². The van der Waals surface area contributed by atoms with E-state index < -0.39 is 11.8 Å². The van der Waals surface area contributed by atoms with Crippen LogP contribution in [0.15, 0.2) is 60.7 Å². The molecule has 1 atom stereocenters. The Morgan fingerprint density at radius 3 is 2.38 bits per heavy atom. The molecule has 2 aromatic carbocycles. The van der Waals surface area contributed by atoms with E-state index >= 15 is 0 Å². The number of benzene rings is 2. The van der Waals surface area contributed by atoms with E-state index in [1.54, 1.807) is 29.2 Å². The van der Waals surface area contributed by atoms with Crippen LogP contribution in [0.25, 0.3) is 0 Å². The zero-order valence-corrected chi connectivity index (χ0v) is 16.2.